The molecule has 4 aromatic rings. The Hall–Kier alpha value is -2.73. The van der Waals surface area contributed by atoms with E-state index in [-0.39, 0.29) is 0 Å². The summed E-state index contributed by atoms with van der Waals surface area (Å²) in [6, 6.07) is 12.3. The minimum Gasteiger partial charge on any atom is -0.330 e. The molecule has 3 heterocycles. The lowest BCUT2D eigenvalue weighted by atomic mass is 10.1. The zero-order valence-corrected chi connectivity index (χ0v) is 13.4. The number of pyridine rings is 1. The monoisotopic (exact) mass is 321 g/mol. The second kappa shape index (κ2) is 5.81. The van der Waals surface area contributed by atoms with Crippen LogP contribution >= 0.6 is 11.3 Å². The Balaban J connectivity index is 1.58. The average molecular weight is 321 g/mol. The summed E-state index contributed by atoms with van der Waals surface area (Å²) in [5.41, 5.74) is 4.24. The number of rotatable bonds is 4. The van der Waals surface area contributed by atoms with Gasteiger partial charge in [-0.2, -0.15) is 0 Å². The van der Waals surface area contributed by atoms with Gasteiger partial charge in [-0.25, -0.2) is 9.50 Å². The molecule has 23 heavy (non-hydrogen) atoms. The number of hydrogen-bond acceptors (Lipinski definition) is 5. The molecule has 0 aliphatic heterocycles. The molecular formula is C17H15N5S. The van der Waals surface area contributed by atoms with Crippen molar-refractivity contribution in [1.29, 1.82) is 0 Å². The maximum atomic E-state index is 4.61. The number of aromatic nitrogens is 4. The van der Waals surface area contributed by atoms with Gasteiger partial charge in [-0.15, -0.1) is 5.10 Å². The van der Waals surface area contributed by atoms with Crippen molar-refractivity contribution in [2.45, 2.75) is 13.3 Å². The predicted molar refractivity (Wildman–Crippen MR) is 93.2 cm³/mol. The molecule has 0 aliphatic rings. The molecule has 0 aliphatic carbocycles. The van der Waals surface area contributed by atoms with E-state index in [1.54, 1.807) is 16.9 Å². The van der Waals surface area contributed by atoms with Gasteiger partial charge in [-0.1, -0.05) is 30.4 Å². The lowest BCUT2D eigenvalue weighted by molar-refractivity contribution is 0.978. The molecule has 0 fully saturated rings. The molecule has 0 saturated carbocycles. The van der Waals surface area contributed by atoms with Gasteiger partial charge in [0.1, 0.15) is 0 Å². The van der Waals surface area contributed by atoms with Crippen molar-refractivity contribution in [2.24, 2.45) is 0 Å². The van der Waals surface area contributed by atoms with E-state index in [1.165, 1.54) is 16.9 Å². The van der Waals surface area contributed by atoms with Gasteiger partial charge in [0, 0.05) is 23.6 Å². The Labute approximate surface area is 137 Å². The normalized spacial score (nSPS) is 11.0. The molecule has 0 unspecified atom stereocenters. The Morgan fingerprint density at radius 2 is 2.04 bits per heavy atom. The molecule has 1 aromatic carbocycles. The maximum Gasteiger partial charge on any atom is 0.214 e. The average Bonchev–Trinajstić information content (AvgIpc) is 3.15. The summed E-state index contributed by atoms with van der Waals surface area (Å²) in [5, 5.41) is 8.69. The van der Waals surface area contributed by atoms with Crippen molar-refractivity contribution in [3.05, 3.63) is 60.6 Å². The molecule has 0 saturated heterocycles. The smallest absolute Gasteiger partial charge is 0.214 e. The first-order valence-electron chi connectivity index (χ1n) is 7.44. The summed E-state index contributed by atoms with van der Waals surface area (Å²) in [7, 11) is 0. The van der Waals surface area contributed by atoms with Gasteiger partial charge in [0.2, 0.25) is 10.1 Å². The molecule has 114 valence electrons. The van der Waals surface area contributed by atoms with Crippen LogP contribution < -0.4 is 5.32 Å². The third-order valence-electron chi connectivity index (χ3n) is 3.61. The fourth-order valence-electron chi connectivity index (χ4n) is 2.35. The second-order valence-corrected chi connectivity index (χ2v) is 6.13. The van der Waals surface area contributed by atoms with Crippen LogP contribution in [0, 0.1) is 0 Å². The second-order valence-electron chi connectivity index (χ2n) is 5.18. The fourth-order valence-corrected chi connectivity index (χ4v) is 3.15. The first kappa shape index (κ1) is 13.9. The van der Waals surface area contributed by atoms with Crippen molar-refractivity contribution in [3.8, 4) is 11.3 Å². The van der Waals surface area contributed by atoms with Gasteiger partial charge in [-0.3, -0.25) is 4.98 Å². The Morgan fingerprint density at radius 3 is 2.74 bits per heavy atom. The van der Waals surface area contributed by atoms with E-state index in [0.29, 0.717) is 0 Å². The number of nitrogens with one attached hydrogen (secondary N) is 1. The number of hydrogen-bond donors (Lipinski definition) is 1. The van der Waals surface area contributed by atoms with Gasteiger partial charge >= 0.3 is 0 Å². The van der Waals surface area contributed by atoms with Crippen LogP contribution in [0.25, 0.3) is 16.2 Å². The molecule has 0 bridgehead atoms. The van der Waals surface area contributed by atoms with Crippen LogP contribution in [0.1, 0.15) is 12.5 Å². The molecule has 0 atom stereocenters. The van der Waals surface area contributed by atoms with Gasteiger partial charge in [0.05, 0.1) is 11.9 Å². The number of benzene rings is 1. The molecule has 4 rings (SSSR count). The van der Waals surface area contributed by atoms with E-state index in [2.05, 4.69) is 51.6 Å². The quantitative estimate of drug-likeness (QED) is 0.613. The van der Waals surface area contributed by atoms with Crippen molar-refractivity contribution in [2.75, 3.05) is 5.32 Å². The zero-order valence-electron chi connectivity index (χ0n) is 12.6. The standard InChI is InChI=1S/C17H15N5S/c1-2-12-5-7-14(8-6-12)19-16-21-22-11-15(20-17(22)23-16)13-4-3-9-18-10-13/h3-11H,2H2,1H3,(H,19,21). The Kier molecular flexibility index (Phi) is 3.51. The minimum atomic E-state index is 0.828. The van der Waals surface area contributed by atoms with Crippen molar-refractivity contribution in [1.82, 2.24) is 19.6 Å². The van der Waals surface area contributed by atoms with Gasteiger partial charge < -0.3 is 5.32 Å². The summed E-state index contributed by atoms with van der Waals surface area (Å²) < 4.78 is 1.80. The molecule has 1 N–H and O–H groups in total. The first-order chi connectivity index (χ1) is 11.3. The van der Waals surface area contributed by atoms with Crippen molar-refractivity contribution >= 4 is 27.1 Å². The van der Waals surface area contributed by atoms with E-state index in [1.807, 2.05) is 18.3 Å². The number of fused-ring (bicyclic) bond motifs is 1. The van der Waals surface area contributed by atoms with Gasteiger partial charge in [0.25, 0.3) is 0 Å². The molecule has 6 heteroatoms. The van der Waals surface area contributed by atoms with Crippen molar-refractivity contribution < 1.29 is 0 Å². The highest BCUT2D eigenvalue weighted by Crippen LogP contribution is 2.26. The van der Waals surface area contributed by atoms with E-state index < -0.39 is 0 Å². The topological polar surface area (TPSA) is 55.1 Å². The highest BCUT2D eigenvalue weighted by atomic mass is 32.1. The number of anilines is 2. The van der Waals surface area contributed by atoms with Gasteiger partial charge in [0.15, 0.2) is 0 Å². The fraction of sp³-hybridized carbons (Fsp3) is 0.118. The number of aryl methyl sites for hydroxylation is 1. The summed E-state index contributed by atoms with van der Waals surface area (Å²) in [6.45, 7) is 2.15. The van der Waals surface area contributed by atoms with Crippen LogP contribution in [-0.4, -0.2) is 19.6 Å². The van der Waals surface area contributed by atoms with Crippen LogP contribution in [0.3, 0.4) is 0 Å². The van der Waals surface area contributed by atoms with Crippen LogP contribution in [0.4, 0.5) is 10.8 Å². The SMILES string of the molecule is CCc1ccc(Nc2nn3cc(-c4cccnc4)nc3s2)cc1. The Morgan fingerprint density at radius 1 is 1.17 bits per heavy atom. The summed E-state index contributed by atoms with van der Waals surface area (Å²) in [5.74, 6) is 0. The van der Waals surface area contributed by atoms with Crippen LogP contribution in [0.5, 0.6) is 0 Å². The highest BCUT2D eigenvalue weighted by molar-refractivity contribution is 7.20. The third kappa shape index (κ3) is 2.80. The van der Waals surface area contributed by atoms with Crippen LogP contribution in [0.2, 0.25) is 0 Å². The maximum absolute atomic E-state index is 4.61. The molecule has 0 spiro atoms. The summed E-state index contributed by atoms with van der Waals surface area (Å²) in [4.78, 5) is 9.59. The Bertz CT molecular complexity index is 893. The zero-order chi connectivity index (χ0) is 15.6. The summed E-state index contributed by atoms with van der Waals surface area (Å²) in [6.07, 6.45) is 6.53. The molecule has 0 amide bonds. The predicted octanol–water partition coefficient (Wildman–Crippen LogP) is 4.16. The molecule has 3 aromatic heterocycles. The lowest BCUT2D eigenvalue weighted by Crippen LogP contribution is -1.91. The third-order valence-corrected chi connectivity index (χ3v) is 4.45. The van der Waals surface area contributed by atoms with E-state index in [9.17, 15) is 0 Å². The van der Waals surface area contributed by atoms with Gasteiger partial charge in [-0.05, 0) is 36.2 Å². The minimum absolute atomic E-state index is 0.828. The first-order valence-corrected chi connectivity index (χ1v) is 8.26. The van der Waals surface area contributed by atoms with Crippen LogP contribution in [-0.2, 0) is 6.42 Å². The largest absolute Gasteiger partial charge is 0.330 e. The van der Waals surface area contributed by atoms with E-state index in [0.717, 1.165) is 33.5 Å². The lowest BCUT2D eigenvalue weighted by Gasteiger charge is -2.02. The van der Waals surface area contributed by atoms with Crippen LogP contribution in [0.15, 0.2) is 55.0 Å². The van der Waals surface area contributed by atoms with Crippen molar-refractivity contribution in [3.63, 3.8) is 0 Å². The number of imidazole rings is 1. The highest BCUT2D eigenvalue weighted by Gasteiger charge is 2.09. The van der Waals surface area contributed by atoms with E-state index in [4.69, 9.17) is 0 Å². The summed E-state index contributed by atoms with van der Waals surface area (Å²) >= 11 is 1.53. The number of nitrogens with zero attached hydrogens (tertiary/aromatic N) is 4. The molecule has 0 radical (unpaired) electrons. The van der Waals surface area contributed by atoms with E-state index >= 15 is 0 Å². The molecular weight excluding hydrogens is 306 g/mol. The molecule has 5 nitrogen and oxygen atoms in total.